The summed E-state index contributed by atoms with van der Waals surface area (Å²) in [6.45, 7) is 9.19. The van der Waals surface area contributed by atoms with Gasteiger partial charge in [0.05, 0.1) is 25.5 Å². The lowest BCUT2D eigenvalue weighted by atomic mass is 10.1. The van der Waals surface area contributed by atoms with E-state index in [1.54, 1.807) is 6.20 Å². The highest BCUT2D eigenvalue weighted by atomic mass is 16.5. The molecule has 0 saturated heterocycles. The van der Waals surface area contributed by atoms with Crippen LogP contribution in [0.25, 0.3) is 0 Å². The number of likely N-dealkylation sites (N-methyl/N-ethyl adjacent to an activating group) is 1. The zero-order valence-electron chi connectivity index (χ0n) is 11.6. The molecule has 102 valence electrons. The molecule has 0 spiro atoms. The van der Waals surface area contributed by atoms with Gasteiger partial charge in [0.15, 0.2) is 0 Å². The zero-order chi connectivity index (χ0) is 13.2. The van der Waals surface area contributed by atoms with Crippen molar-refractivity contribution in [3.8, 4) is 5.75 Å². The summed E-state index contributed by atoms with van der Waals surface area (Å²) in [5.41, 5.74) is 1.11. The van der Waals surface area contributed by atoms with Gasteiger partial charge in [0.2, 0.25) is 0 Å². The second-order valence-electron chi connectivity index (χ2n) is 4.07. The number of rotatable bonds is 9. The van der Waals surface area contributed by atoms with Gasteiger partial charge in [0.25, 0.3) is 0 Å². The van der Waals surface area contributed by atoms with Crippen LogP contribution in [-0.4, -0.2) is 31.3 Å². The van der Waals surface area contributed by atoms with E-state index in [0.29, 0.717) is 6.61 Å². The van der Waals surface area contributed by atoms with Crippen LogP contribution in [-0.2, 0) is 4.74 Å². The lowest BCUT2D eigenvalue weighted by molar-refractivity contribution is 0.123. The summed E-state index contributed by atoms with van der Waals surface area (Å²) in [5, 5.41) is 3.40. The molecular formula is C14H24N2O2. The molecule has 0 aliphatic carbocycles. The summed E-state index contributed by atoms with van der Waals surface area (Å²) >= 11 is 0. The lowest BCUT2D eigenvalue weighted by Gasteiger charge is -2.18. The molecule has 0 fully saturated rings. The van der Waals surface area contributed by atoms with Crippen molar-refractivity contribution in [2.45, 2.75) is 33.2 Å². The van der Waals surface area contributed by atoms with E-state index >= 15 is 0 Å². The first-order chi connectivity index (χ1) is 8.81. The molecule has 1 heterocycles. The Morgan fingerprint density at radius 2 is 2.11 bits per heavy atom. The highest BCUT2D eigenvalue weighted by Crippen LogP contribution is 2.18. The Hall–Kier alpha value is -1.13. The molecule has 0 aliphatic heterocycles. The van der Waals surface area contributed by atoms with E-state index in [0.717, 1.165) is 37.5 Å². The number of hydrogen-bond donors (Lipinski definition) is 1. The second kappa shape index (κ2) is 8.89. The predicted octanol–water partition coefficient (Wildman–Crippen LogP) is 2.56. The highest BCUT2D eigenvalue weighted by molar-refractivity contribution is 5.26. The molecule has 1 aromatic rings. The maximum Gasteiger partial charge on any atom is 0.137 e. The van der Waals surface area contributed by atoms with Gasteiger partial charge in [0, 0.05) is 12.8 Å². The highest BCUT2D eigenvalue weighted by Gasteiger charge is 2.11. The van der Waals surface area contributed by atoms with Crippen LogP contribution < -0.4 is 10.1 Å². The third kappa shape index (κ3) is 5.02. The molecule has 4 heteroatoms. The monoisotopic (exact) mass is 252 g/mol. The van der Waals surface area contributed by atoms with Gasteiger partial charge in [-0.15, -0.1) is 0 Å². The summed E-state index contributed by atoms with van der Waals surface area (Å²) in [4.78, 5) is 4.23. The summed E-state index contributed by atoms with van der Waals surface area (Å²) in [7, 11) is 0. The number of pyridine rings is 1. The third-order valence-electron chi connectivity index (χ3n) is 2.55. The standard InChI is InChI=1S/C14H24N2O2/c1-4-7-18-13-8-12(9-15-10-13)14(16-5-2)11-17-6-3/h8-10,14,16H,4-7,11H2,1-3H3. The summed E-state index contributed by atoms with van der Waals surface area (Å²) in [6, 6.07) is 2.21. The normalized spacial score (nSPS) is 12.4. The molecule has 0 aromatic carbocycles. The SMILES string of the molecule is CCCOc1cncc(C(COCC)NCC)c1. The first-order valence-electron chi connectivity index (χ1n) is 6.70. The molecule has 1 unspecified atom stereocenters. The molecule has 4 nitrogen and oxygen atoms in total. The van der Waals surface area contributed by atoms with Crippen molar-refractivity contribution in [2.24, 2.45) is 0 Å². The predicted molar refractivity (Wildman–Crippen MR) is 72.9 cm³/mol. The second-order valence-corrected chi connectivity index (χ2v) is 4.07. The van der Waals surface area contributed by atoms with Crippen LogP contribution in [0, 0.1) is 0 Å². The number of nitrogens with zero attached hydrogens (tertiary/aromatic N) is 1. The summed E-state index contributed by atoms with van der Waals surface area (Å²) in [5.74, 6) is 0.828. The fourth-order valence-electron chi connectivity index (χ4n) is 1.68. The van der Waals surface area contributed by atoms with E-state index in [9.17, 15) is 0 Å². The Labute approximate surface area is 110 Å². The Morgan fingerprint density at radius 3 is 2.78 bits per heavy atom. The van der Waals surface area contributed by atoms with Crippen molar-refractivity contribution in [2.75, 3.05) is 26.4 Å². The van der Waals surface area contributed by atoms with Gasteiger partial charge in [-0.2, -0.15) is 0 Å². The van der Waals surface area contributed by atoms with Gasteiger partial charge >= 0.3 is 0 Å². The van der Waals surface area contributed by atoms with Crippen molar-refractivity contribution in [3.63, 3.8) is 0 Å². The third-order valence-corrected chi connectivity index (χ3v) is 2.55. The van der Waals surface area contributed by atoms with E-state index in [-0.39, 0.29) is 6.04 Å². The van der Waals surface area contributed by atoms with Gasteiger partial charge in [0.1, 0.15) is 5.75 Å². The molecule has 0 radical (unpaired) electrons. The van der Waals surface area contributed by atoms with E-state index in [4.69, 9.17) is 9.47 Å². The summed E-state index contributed by atoms with van der Waals surface area (Å²) < 4.78 is 11.1. The molecular weight excluding hydrogens is 228 g/mol. The van der Waals surface area contributed by atoms with Crippen molar-refractivity contribution in [3.05, 3.63) is 24.0 Å². The van der Waals surface area contributed by atoms with Gasteiger partial charge < -0.3 is 14.8 Å². The molecule has 0 aliphatic rings. The van der Waals surface area contributed by atoms with Crippen LogP contribution in [0.15, 0.2) is 18.5 Å². The van der Waals surface area contributed by atoms with E-state index < -0.39 is 0 Å². The van der Waals surface area contributed by atoms with Crippen molar-refractivity contribution >= 4 is 0 Å². The van der Waals surface area contributed by atoms with Gasteiger partial charge in [-0.05, 0) is 31.5 Å². The summed E-state index contributed by atoms with van der Waals surface area (Å²) in [6.07, 6.45) is 4.62. The molecule has 0 amide bonds. The minimum atomic E-state index is 0.174. The molecule has 1 rings (SSSR count). The molecule has 0 bridgehead atoms. The van der Waals surface area contributed by atoms with Crippen LogP contribution >= 0.6 is 0 Å². The maximum absolute atomic E-state index is 5.60. The molecule has 1 aromatic heterocycles. The maximum atomic E-state index is 5.60. The van der Waals surface area contributed by atoms with Crippen LogP contribution in [0.5, 0.6) is 5.75 Å². The Morgan fingerprint density at radius 1 is 1.28 bits per heavy atom. The van der Waals surface area contributed by atoms with E-state index in [1.165, 1.54) is 0 Å². The number of aromatic nitrogens is 1. The molecule has 0 saturated carbocycles. The first kappa shape index (κ1) is 14.9. The average molecular weight is 252 g/mol. The molecule has 1 N–H and O–H groups in total. The van der Waals surface area contributed by atoms with Crippen LogP contribution in [0.4, 0.5) is 0 Å². The minimum Gasteiger partial charge on any atom is -0.492 e. The molecule has 1 atom stereocenters. The quantitative estimate of drug-likeness (QED) is 0.733. The number of nitrogens with one attached hydrogen (secondary N) is 1. The Bertz CT molecular complexity index is 331. The smallest absolute Gasteiger partial charge is 0.137 e. The van der Waals surface area contributed by atoms with Crippen LogP contribution in [0.2, 0.25) is 0 Å². The van der Waals surface area contributed by atoms with Gasteiger partial charge in [-0.25, -0.2) is 0 Å². The van der Waals surface area contributed by atoms with Crippen molar-refractivity contribution in [1.82, 2.24) is 10.3 Å². The van der Waals surface area contributed by atoms with Crippen molar-refractivity contribution in [1.29, 1.82) is 0 Å². The zero-order valence-corrected chi connectivity index (χ0v) is 11.6. The van der Waals surface area contributed by atoms with E-state index in [1.807, 2.05) is 19.2 Å². The number of hydrogen-bond acceptors (Lipinski definition) is 4. The minimum absolute atomic E-state index is 0.174. The fraction of sp³-hybridized carbons (Fsp3) is 0.643. The van der Waals surface area contributed by atoms with Crippen molar-refractivity contribution < 1.29 is 9.47 Å². The van der Waals surface area contributed by atoms with Crippen LogP contribution in [0.1, 0.15) is 38.8 Å². The largest absolute Gasteiger partial charge is 0.492 e. The van der Waals surface area contributed by atoms with Gasteiger partial charge in [-0.1, -0.05) is 13.8 Å². The van der Waals surface area contributed by atoms with E-state index in [2.05, 4.69) is 24.1 Å². The molecule has 18 heavy (non-hydrogen) atoms. The number of ether oxygens (including phenoxy) is 2. The Kier molecular flexibility index (Phi) is 7.37. The average Bonchev–Trinajstić information content (AvgIpc) is 2.41. The Balaban J connectivity index is 2.70. The van der Waals surface area contributed by atoms with Crippen LogP contribution in [0.3, 0.4) is 0 Å². The van der Waals surface area contributed by atoms with Gasteiger partial charge in [-0.3, -0.25) is 4.98 Å². The fourth-order valence-corrected chi connectivity index (χ4v) is 1.68. The topological polar surface area (TPSA) is 43.4 Å². The lowest BCUT2D eigenvalue weighted by Crippen LogP contribution is -2.25. The first-order valence-corrected chi connectivity index (χ1v) is 6.70.